The van der Waals surface area contributed by atoms with E-state index in [-0.39, 0.29) is 11.4 Å². The average molecular weight is 290 g/mol. The largest absolute Gasteiger partial charge is 0.490 e. The highest BCUT2D eigenvalue weighted by Gasteiger charge is 2.20. The maximum Gasteiger partial charge on any atom is 0.311 e. The van der Waals surface area contributed by atoms with Gasteiger partial charge in [-0.25, -0.2) is 0 Å². The lowest BCUT2D eigenvalue weighted by Crippen LogP contribution is -2.39. The topological polar surface area (TPSA) is 91.4 Å². The molecule has 1 heterocycles. The van der Waals surface area contributed by atoms with E-state index >= 15 is 0 Å². The van der Waals surface area contributed by atoms with E-state index < -0.39 is 4.92 Å². The van der Waals surface area contributed by atoms with Crippen LogP contribution in [0.4, 0.5) is 11.4 Å². The zero-order chi connectivity index (χ0) is 15.2. The van der Waals surface area contributed by atoms with Crippen LogP contribution >= 0.6 is 0 Å². The van der Waals surface area contributed by atoms with Crippen LogP contribution < -0.4 is 10.1 Å². The quantitative estimate of drug-likeness (QED) is 0.506. The van der Waals surface area contributed by atoms with Crippen LogP contribution in [0.2, 0.25) is 0 Å². The SMILES string of the molecule is COc1cc(NC2CCN(CC#N)CC2)ccc1[N+](=O)[O-]. The van der Waals surface area contributed by atoms with Gasteiger partial charge in [-0.2, -0.15) is 5.26 Å². The predicted octanol–water partition coefficient (Wildman–Crippen LogP) is 2.00. The number of rotatable bonds is 5. The van der Waals surface area contributed by atoms with Crippen molar-refractivity contribution in [3.63, 3.8) is 0 Å². The van der Waals surface area contributed by atoms with Gasteiger partial charge in [0.05, 0.1) is 24.6 Å². The monoisotopic (exact) mass is 290 g/mol. The Morgan fingerprint density at radius 3 is 2.81 bits per heavy atom. The first-order valence-electron chi connectivity index (χ1n) is 6.82. The van der Waals surface area contributed by atoms with E-state index in [0.717, 1.165) is 31.6 Å². The highest BCUT2D eigenvalue weighted by atomic mass is 16.6. The number of piperidine rings is 1. The van der Waals surface area contributed by atoms with Crippen molar-refractivity contribution in [3.05, 3.63) is 28.3 Å². The van der Waals surface area contributed by atoms with E-state index in [4.69, 9.17) is 10.00 Å². The molecule has 1 aromatic rings. The molecule has 2 rings (SSSR count). The van der Waals surface area contributed by atoms with Crippen LogP contribution in [-0.2, 0) is 0 Å². The maximum atomic E-state index is 10.9. The Bertz CT molecular complexity index is 548. The molecule has 0 bridgehead atoms. The number of nitriles is 1. The summed E-state index contributed by atoms with van der Waals surface area (Å²) in [4.78, 5) is 12.5. The number of hydrogen-bond donors (Lipinski definition) is 1. The molecular formula is C14H18N4O3. The number of nitro benzene ring substituents is 1. The molecule has 0 radical (unpaired) electrons. The highest BCUT2D eigenvalue weighted by molar-refractivity contribution is 5.58. The van der Waals surface area contributed by atoms with Crippen LogP contribution in [0.5, 0.6) is 5.75 Å². The summed E-state index contributed by atoms with van der Waals surface area (Å²) in [5.74, 6) is 0.256. The zero-order valence-electron chi connectivity index (χ0n) is 11.9. The van der Waals surface area contributed by atoms with Crippen LogP contribution in [0.15, 0.2) is 18.2 Å². The summed E-state index contributed by atoms with van der Waals surface area (Å²) in [6.45, 7) is 2.24. The van der Waals surface area contributed by atoms with Gasteiger partial charge in [0.15, 0.2) is 5.75 Å². The van der Waals surface area contributed by atoms with E-state index in [2.05, 4.69) is 16.3 Å². The lowest BCUT2D eigenvalue weighted by Gasteiger charge is -2.31. The summed E-state index contributed by atoms with van der Waals surface area (Å²) >= 11 is 0. The second kappa shape index (κ2) is 6.90. The maximum absolute atomic E-state index is 10.9. The van der Waals surface area contributed by atoms with Crippen molar-refractivity contribution in [2.75, 3.05) is 32.1 Å². The van der Waals surface area contributed by atoms with E-state index in [1.54, 1.807) is 12.1 Å². The number of nitro groups is 1. The van der Waals surface area contributed by atoms with Gasteiger partial charge in [-0.05, 0) is 18.9 Å². The Balaban J connectivity index is 1.98. The fraction of sp³-hybridized carbons (Fsp3) is 0.500. The summed E-state index contributed by atoms with van der Waals surface area (Å²) in [6.07, 6.45) is 1.89. The first-order valence-corrected chi connectivity index (χ1v) is 6.82. The minimum atomic E-state index is -0.455. The van der Waals surface area contributed by atoms with E-state index in [0.29, 0.717) is 12.6 Å². The molecule has 7 heteroatoms. The smallest absolute Gasteiger partial charge is 0.311 e. The first kappa shape index (κ1) is 15.1. The number of likely N-dealkylation sites (tertiary alicyclic amines) is 1. The summed E-state index contributed by atoms with van der Waals surface area (Å²) in [5, 5.41) is 22.9. The van der Waals surface area contributed by atoms with Crippen molar-refractivity contribution in [1.29, 1.82) is 5.26 Å². The highest BCUT2D eigenvalue weighted by Crippen LogP contribution is 2.30. The van der Waals surface area contributed by atoms with Crippen molar-refractivity contribution in [2.45, 2.75) is 18.9 Å². The summed E-state index contributed by atoms with van der Waals surface area (Å²) in [6, 6.07) is 7.27. The van der Waals surface area contributed by atoms with E-state index in [1.807, 2.05) is 0 Å². The van der Waals surface area contributed by atoms with Gasteiger partial charge in [0, 0.05) is 37.0 Å². The average Bonchev–Trinajstić information content (AvgIpc) is 2.49. The summed E-state index contributed by atoms with van der Waals surface area (Å²) in [5.41, 5.74) is 0.781. The van der Waals surface area contributed by atoms with Gasteiger partial charge < -0.3 is 10.1 Å². The molecule has 21 heavy (non-hydrogen) atoms. The molecule has 1 aromatic carbocycles. The Labute approximate surface area is 123 Å². The van der Waals surface area contributed by atoms with Gasteiger partial charge in [0.2, 0.25) is 0 Å². The van der Waals surface area contributed by atoms with Gasteiger partial charge >= 0.3 is 5.69 Å². The molecule has 0 unspecified atom stereocenters. The van der Waals surface area contributed by atoms with Crippen molar-refractivity contribution in [1.82, 2.24) is 4.90 Å². The molecule has 1 fully saturated rings. The Kier molecular flexibility index (Phi) is 4.95. The van der Waals surface area contributed by atoms with E-state index in [1.165, 1.54) is 13.2 Å². The predicted molar refractivity (Wildman–Crippen MR) is 78.3 cm³/mol. The molecule has 112 valence electrons. The van der Waals surface area contributed by atoms with Gasteiger partial charge in [-0.3, -0.25) is 15.0 Å². The molecule has 0 atom stereocenters. The van der Waals surface area contributed by atoms with Crippen LogP contribution in [0, 0.1) is 21.4 Å². The third-order valence-electron chi connectivity index (χ3n) is 3.63. The van der Waals surface area contributed by atoms with Crippen LogP contribution in [0.3, 0.4) is 0 Å². The van der Waals surface area contributed by atoms with E-state index in [9.17, 15) is 10.1 Å². The minimum Gasteiger partial charge on any atom is -0.490 e. The molecule has 1 aliphatic heterocycles. The number of ether oxygens (including phenoxy) is 1. The van der Waals surface area contributed by atoms with Gasteiger partial charge in [-0.15, -0.1) is 0 Å². The van der Waals surface area contributed by atoms with Gasteiger partial charge in [0.25, 0.3) is 0 Å². The second-order valence-electron chi connectivity index (χ2n) is 5.00. The standard InChI is InChI=1S/C14H18N4O3/c1-21-14-10-12(2-3-13(14)18(19)20)16-11-4-7-17(8-5-11)9-6-15/h2-3,10-11,16H,4-5,7-9H2,1H3. The third-order valence-corrected chi connectivity index (χ3v) is 3.63. The fourth-order valence-corrected chi connectivity index (χ4v) is 2.49. The molecule has 1 N–H and O–H groups in total. The first-order chi connectivity index (χ1) is 10.1. The fourth-order valence-electron chi connectivity index (χ4n) is 2.49. The van der Waals surface area contributed by atoms with Crippen LogP contribution in [0.25, 0.3) is 0 Å². The lowest BCUT2D eigenvalue weighted by molar-refractivity contribution is -0.385. The van der Waals surface area contributed by atoms with Crippen LogP contribution in [0.1, 0.15) is 12.8 Å². The summed E-state index contributed by atoms with van der Waals surface area (Å²) in [7, 11) is 1.42. The molecular weight excluding hydrogens is 272 g/mol. The Hall–Kier alpha value is -2.33. The van der Waals surface area contributed by atoms with Crippen molar-refractivity contribution >= 4 is 11.4 Å². The second-order valence-corrected chi connectivity index (χ2v) is 5.00. The van der Waals surface area contributed by atoms with Gasteiger partial charge in [-0.1, -0.05) is 0 Å². The van der Waals surface area contributed by atoms with Crippen molar-refractivity contribution in [3.8, 4) is 11.8 Å². The molecule has 7 nitrogen and oxygen atoms in total. The van der Waals surface area contributed by atoms with Crippen LogP contribution in [-0.4, -0.2) is 42.6 Å². The minimum absolute atomic E-state index is 0.0353. The molecule has 1 aliphatic rings. The normalized spacial score (nSPS) is 16.2. The van der Waals surface area contributed by atoms with Crippen molar-refractivity contribution < 1.29 is 9.66 Å². The molecule has 0 aromatic heterocycles. The number of benzene rings is 1. The number of hydrogen-bond acceptors (Lipinski definition) is 6. The Morgan fingerprint density at radius 2 is 2.24 bits per heavy atom. The Morgan fingerprint density at radius 1 is 1.52 bits per heavy atom. The number of methoxy groups -OCH3 is 1. The number of anilines is 1. The molecule has 0 saturated carbocycles. The summed E-state index contributed by atoms with van der Waals surface area (Å²) < 4.78 is 5.06. The molecule has 0 spiro atoms. The molecule has 1 saturated heterocycles. The third kappa shape index (κ3) is 3.83. The molecule has 0 aliphatic carbocycles. The van der Waals surface area contributed by atoms with Gasteiger partial charge in [0.1, 0.15) is 0 Å². The number of nitrogens with zero attached hydrogens (tertiary/aromatic N) is 3. The lowest BCUT2D eigenvalue weighted by atomic mass is 10.0. The number of nitrogens with one attached hydrogen (secondary N) is 1. The molecule has 0 amide bonds. The van der Waals surface area contributed by atoms with Crippen molar-refractivity contribution in [2.24, 2.45) is 0 Å². The zero-order valence-corrected chi connectivity index (χ0v) is 11.9.